The van der Waals surface area contributed by atoms with Crippen LogP contribution in [-0.4, -0.2) is 19.6 Å². The zero-order chi connectivity index (χ0) is 16.4. The lowest BCUT2D eigenvalue weighted by Gasteiger charge is -2.31. The van der Waals surface area contributed by atoms with Crippen molar-refractivity contribution in [3.05, 3.63) is 59.4 Å². The molecule has 0 radical (unpaired) electrons. The van der Waals surface area contributed by atoms with Crippen LogP contribution >= 0.6 is 0 Å². The van der Waals surface area contributed by atoms with Gasteiger partial charge in [-0.15, -0.1) is 0 Å². The minimum atomic E-state index is -0.305. The van der Waals surface area contributed by atoms with Crippen LogP contribution in [0, 0.1) is 5.82 Å². The van der Waals surface area contributed by atoms with Crippen LogP contribution in [0.25, 0.3) is 0 Å². The monoisotopic (exact) mass is 313 g/mol. The number of ether oxygens (including phenoxy) is 1. The van der Waals surface area contributed by atoms with Crippen molar-refractivity contribution < 1.29 is 13.9 Å². The van der Waals surface area contributed by atoms with E-state index in [4.69, 9.17) is 4.74 Å². The average molecular weight is 313 g/mol. The second kappa shape index (κ2) is 6.41. The Kier molecular flexibility index (Phi) is 4.33. The number of rotatable bonds is 3. The van der Waals surface area contributed by atoms with Crippen molar-refractivity contribution in [1.29, 1.82) is 0 Å². The van der Waals surface area contributed by atoms with Crippen molar-refractivity contribution in [3.8, 4) is 5.75 Å². The largest absolute Gasteiger partial charge is 0.497 e. The van der Waals surface area contributed by atoms with Crippen LogP contribution in [0.2, 0.25) is 0 Å². The quantitative estimate of drug-likeness (QED) is 0.859. The number of anilines is 1. The van der Waals surface area contributed by atoms with E-state index in [0.717, 1.165) is 29.7 Å². The highest BCUT2D eigenvalue weighted by Gasteiger charge is 2.27. The molecule has 0 bridgehead atoms. The predicted molar refractivity (Wildman–Crippen MR) is 88.5 cm³/mol. The minimum absolute atomic E-state index is 0.00159. The maximum atomic E-state index is 13.6. The van der Waals surface area contributed by atoms with E-state index in [1.807, 2.05) is 31.2 Å². The highest BCUT2D eigenvalue weighted by Crippen LogP contribution is 2.31. The lowest BCUT2D eigenvalue weighted by molar-refractivity contribution is -0.119. The summed E-state index contributed by atoms with van der Waals surface area (Å²) in [6.45, 7) is 2.52. The summed E-state index contributed by atoms with van der Waals surface area (Å²) in [7, 11) is 1.61. The maximum Gasteiger partial charge on any atom is 0.234 e. The van der Waals surface area contributed by atoms with E-state index in [-0.39, 0.29) is 17.6 Å². The lowest BCUT2D eigenvalue weighted by Crippen LogP contribution is -2.38. The van der Waals surface area contributed by atoms with Gasteiger partial charge in [0.1, 0.15) is 11.6 Å². The molecule has 2 aromatic carbocycles. The SMILES string of the molecule is COc1ccc(C(C)C(=O)N2CCCc3ccc(F)cc32)cc1. The molecule has 1 heterocycles. The van der Waals surface area contributed by atoms with Crippen LogP contribution < -0.4 is 9.64 Å². The third-order valence-corrected chi connectivity index (χ3v) is 4.42. The molecule has 0 aromatic heterocycles. The third kappa shape index (κ3) is 3.07. The van der Waals surface area contributed by atoms with Gasteiger partial charge in [-0.3, -0.25) is 4.79 Å². The number of hydrogen-bond donors (Lipinski definition) is 0. The van der Waals surface area contributed by atoms with E-state index in [0.29, 0.717) is 12.2 Å². The Hall–Kier alpha value is -2.36. The van der Waals surface area contributed by atoms with Gasteiger partial charge in [-0.05, 0) is 55.2 Å². The van der Waals surface area contributed by atoms with Crippen molar-refractivity contribution >= 4 is 11.6 Å². The molecule has 0 N–H and O–H groups in total. The number of hydrogen-bond acceptors (Lipinski definition) is 2. The van der Waals surface area contributed by atoms with Gasteiger partial charge in [-0.1, -0.05) is 18.2 Å². The van der Waals surface area contributed by atoms with E-state index in [1.165, 1.54) is 12.1 Å². The van der Waals surface area contributed by atoms with Crippen LogP contribution in [0.3, 0.4) is 0 Å². The summed E-state index contributed by atoms with van der Waals surface area (Å²) < 4.78 is 18.7. The lowest BCUT2D eigenvalue weighted by atomic mass is 9.96. The first-order valence-electron chi connectivity index (χ1n) is 7.84. The zero-order valence-electron chi connectivity index (χ0n) is 13.4. The van der Waals surface area contributed by atoms with Crippen LogP contribution in [-0.2, 0) is 11.2 Å². The number of fused-ring (bicyclic) bond motifs is 1. The average Bonchev–Trinajstić information content (AvgIpc) is 2.60. The highest BCUT2D eigenvalue weighted by atomic mass is 19.1. The molecule has 0 spiro atoms. The molecular weight excluding hydrogens is 293 g/mol. The molecule has 0 fully saturated rings. The van der Waals surface area contributed by atoms with Gasteiger partial charge in [0.05, 0.1) is 13.0 Å². The number of carbonyl (C=O) groups is 1. The molecule has 0 saturated heterocycles. The fraction of sp³-hybridized carbons (Fsp3) is 0.316. The fourth-order valence-corrected chi connectivity index (χ4v) is 3.05. The molecule has 3 nitrogen and oxygen atoms in total. The summed E-state index contributed by atoms with van der Waals surface area (Å²) in [6.07, 6.45) is 1.79. The molecule has 23 heavy (non-hydrogen) atoms. The smallest absolute Gasteiger partial charge is 0.234 e. The molecule has 1 unspecified atom stereocenters. The van der Waals surface area contributed by atoms with Gasteiger partial charge in [0.25, 0.3) is 0 Å². The molecule has 1 amide bonds. The number of nitrogens with zero attached hydrogens (tertiary/aromatic N) is 1. The number of halogens is 1. The summed E-state index contributed by atoms with van der Waals surface area (Å²) in [4.78, 5) is 14.6. The van der Waals surface area contributed by atoms with E-state index in [2.05, 4.69) is 0 Å². The summed E-state index contributed by atoms with van der Waals surface area (Å²) in [6, 6.07) is 12.2. The van der Waals surface area contributed by atoms with Crippen LogP contribution in [0.4, 0.5) is 10.1 Å². The normalized spacial score (nSPS) is 15.0. The molecule has 1 atom stereocenters. The van der Waals surface area contributed by atoms with Gasteiger partial charge in [-0.25, -0.2) is 4.39 Å². The molecule has 0 saturated carbocycles. The summed E-state index contributed by atoms with van der Waals surface area (Å²) in [5, 5.41) is 0. The standard InChI is InChI=1S/C19H20FNO2/c1-13(14-6-9-17(23-2)10-7-14)19(22)21-11-3-4-15-5-8-16(20)12-18(15)21/h5-10,12-13H,3-4,11H2,1-2H3. The Labute approximate surface area is 135 Å². The van der Waals surface area contributed by atoms with Crippen molar-refractivity contribution in [2.24, 2.45) is 0 Å². The first-order chi connectivity index (χ1) is 11.1. The highest BCUT2D eigenvalue weighted by molar-refractivity contribution is 5.98. The molecule has 1 aliphatic heterocycles. The van der Waals surface area contributed by atoms with Crippen LogP contribution in [0.15, 0.2) is 42.5 Å². The number of benzene rings is 2. The number of amides is 1. The van der Waals surface area contributed by atoms with Crippen LogP contribution in [0.5, 0.6) is 5.75 Å². The maximum absolute atomic E-state index is 13.6. The van der Waals surface area contributed by atoms with Gasteiger partial charge in [0, 0.05) is 12.2 Å². The Morgan fingerprint density at radius 3 is 2.65 bits per heavy atom. The van der Waals surface area contributed by atoms with Crippen LogP contribution in [0.1, 0.15) is 30.4 Å². The fourth-order valence-electron chi connectivity index (χ4n) is 3.05. The minimum Gasteiger partial charge on any atom is -0.497 e. The van der Waals surface area contributed by atoms with Crippen molar-refractivity contribution in [1.82, 2.24) is 0 Å². The Balaban J connectivity index is 1.87. The van der Waals surface area contributed by atoms with Crippen molar-refractivity contribution in [2.45, 2.75) is 25.7 Å². The summed E-state index contributed by atoms with van der Waals surface area (Å²) >= 11 is 0. The molecule has 120 valence electrons. The number of methoxy groups -OCH3 is 1. The first-order valence-corrected chi connectivity index (χ1v) is 7.84. The van der Waals surface area contributed by atoms with E-state index in [1.54, 1.807) is 18.1 Å². The third-order valence-electron chi connectivity index (χ3n) is 4.42. The molecule has 4 heteroatoms. The first kappa shape index (κ1) is 15.5. The predicted octanol–water partition coefficient (Wildman–Crippen LogP) is 3.92. The van der Waals surface area contributed by atoms with Gasteiger partial charge < -0.3 is 9.64 Å². The van der Waals surface area contributed by atoms with E-state index in [9.17, 15) is 9.18 Å². The van der Waals surface area contributed by atoms with E-state index >= 15 is 0 Å². The van der Waals surface area contributed by atoms with Gasteiger partial charge in [0.15, 0.2) is 0 Å². The summed E-state index contributed by atoms with van der Waals surface area (Å²) in [5.41, 5.74) is 2.67. The Bertz CT molecular complexity index is 712. The molecule has 1 aliphatic rings. The number of carbonyl (C=O) groups excluding carboxylic acids is 1. The van der Waals surface area contributed by atoms with E-state index < -0.39 is 0 Å². The second-order valence-corrected chi connectivity index (χ2v) is 5.86. The Morgan fingerprint density at radius 1 is 1.22 bits per heavy atom. The zero-order valence-corrected chi connectivity index (χ0v) is 13.4. The molecule has 3 rings (SSSR count). The van der Waals surface area contributed by atoms with Gasteiger partial charge >= 0.3 is 0 Å². The van der Waals surface area contributed by atoms with Gasteiger partial charge in [-0.2, -0.15) is 0 Å². The molecule has 2 aromatic rings. The second-order valence-electron chi connectivity index (χ2n) is 5.86. The summed E-state index contributed by atoms with van der Waals surface area (Å²) in [5.74, 6) is 0.177. The topological polar surface area (TPSA) is 29.5 Å². The Morgan fingerprint density at radius 2 is 1.96 bits per heavy atom. The molecular formula is C19H20FNO2. The van der Waals surface area contributed by atoms with Crippen molar-refractivity contribution in [2.75, 3.05) is 18.6 Å². The van der Waals surface area contributed by atoms with Crippen molar-refractivity contribution in [3.63, 3.8) is 0 Å². The number of aryl methyl sites for hydroxylation is 1. The van der Waals surface area contributed by atoms with Gasteiger partial charge in [0.2, 0.25) is 5.91 Å². The molecule has 0 aliphatic carbocycles.